The number of aliphatic imine (C=N–C) groups is 1. The molecular weight excluding hydrogens is 408 g/mol. The number of hydrogen-bond donors (Lipinski definition) is 0. The first-order valence-corrected chi connectivity index (χ1v) is 12.9. The number of piperazine rings is 1. The first kappa shape index (κ1) is 21.4. The molecule has 0 spiro atoms. The van der Waals surface area contributed by atoms with Gasteiger partial charge in [-0.15, -0.1) is 0 Å². The number of fused-ring (bicyclic) bond motifs is 3. The van der Waals surface area contributed by atoms with Crippen LogP contribution in [0.1, 0.15) is 56.3 Å². The molecule has 3 fully saturated rings. The average molecular weight is 447 g/mol. The number of allylic oxidation sites excluding steroid dienone is 2. The summed E-state index contributed by atoms with van der Waals surface area (Å²) in [6, 6.07) is 7.10. The van der Waals surface area contributed by atoms with Crippen molar-refractivity contribution in [3.8, 4) is 0 Å². The van der Waals surface area contributed by atoms with E-state index < -0.39 is 0 Å². The lowest BCUT2D eigenvalue weighted by Crippen LogP contribution is -2.56. The third-order valence-corrected chi connectivity index (χ3v) is 9.09. The molecule has 4 unspecified atom stereocenters. The van der Waals surface area contributed by atoms with Crippen LogP contribution in [0.3, 0.4) is 0 Å². The Morgan fingerprint density at radius 3 is 2.55 bits per heavy atom. The van der Waals surface area contributed by atoms with Gasteiger partial charge in [-0.2, -0.15) is 0 Å². The van der Waals surface area contributed by atoms with E-state index in [9.17, 15) is 0 Å². The van der Waals surface area contributed by atoms with Gasteiger partial charge in [0.1, 0.15) is 11.7 Å². The van der Waals surface area contributed by atoms with Crippen molar-refractivity contribution in [3.63, 3.8) is 0 Å². The van der Waals surface area contributed by atoms with E-state index >= 15 is 0 Å². The largest absolute Gasteiger partial charge is 0.355 e. The van der Waals surface area contributed by atoms with Gasteiger partial charge in [0, 0.05) is 37.4 Å². The summed E-state index contributed by atoms with van der Waals surface area (Å²) in [6.45, 7) is 6.86. The fraction of sp³-hybridized carbons (Fsp3) is 0.630. The Labute approximate surface area is 198 Å². The van der Waals surface area contributed by atoms with Crippen LogP contribution in [0.4, 0.5) is 0 Å². The summed E-state index contributed by atoms with van der Waals surface area (Å²) in [5, 5.41) is 0. The third kappa shape index (κ3) is 3.45. The Balaban J connectivity index is 1.24. The highest BCUT2D eigenvalue weighted by atomic mass is 15.4. The number of piperidine rings is 1. The SMILES string of the molecule is Cc1cccnc1[C@@H]1CCC[C@H](C2N=C3C=CC=C(N4CC5CCC(C4)N5C)N3C2C)N1C. The zero-order chi connectivity index (χ0) is 22.7. The zero-order valence-electron chi connectivity index (χ0n) is 20.6. The van der Waals surface area contributed by atoms with E-state index in [1.807, 2.05) is 12.3 Å². The molecule has 0 radical (unpaired) electrons. The molecule has 176 valence electrons. The smallest absolute Gasteiger partial charge is 0.129 e. The van der Waals surface area contributed by atoms with Crippen LogP contribution in [0.15, 0.2) is 47.4 Å². The maximum absolute atomic E-state index is 5.35. The number of amidine groups is 1. The van der Waals surface area contributed by atoms with Crippen LogP contribution < -0.4 is 0 Å². The van der Waals surface area contributed by atoms with Crippen molar-refractivity contribution in [3.05, 3.63) is 53.6 Å². The number of nitrogens with zero attached hydrogens (tertiary/aromatic N) is 6. The second-order valence-corrected chi connectivity index (χ2v) is 10.8. The quantitative estimate of drug-likeness (QED) is 0.710. The van der Waals surface area contributed by atoms with Gasteiger partial charge in [0.2, 0.25) is 0 Å². The van der Waals surface area contributed by atoms with Gasteiger partial charge in [-0.25, -0.2) is 0 Å². The highest BCUT2D eigenvalue weighted by Crippen LogP contribution is 2.40. The van der Waals surface area contributed by atoms with Crippen LogP contribution in [0, 0.1) is 6.92 Å². The van der Waals surface area contributed by atoms with Crippen molar-refractivity contribution in [2.75, 3.05) is 27.2 Å². The standard InChI is InChI=1S/C27H38N6/c1-18-8-7-15-28-26(18)22-9-5-10-23(31(22)4)27-19(2)33-24(29-27)11-6-12-25(33)32-16-20-13-14-21(17-32)30(20)3/h6-8,11-12,15,19-23,27H,5,9-10,13-14,16-17H2,1-4H3/t19?,20?,21?,22-,23+,27?/m0/s1. The molecule has 6 heterocycles. The molecule has 6 rings (SSSR count). The molecule has 6 atom stereocenters. The Morgan fingerprint density at radius 1 is 1.00 bits per heavy atom. The van der Waals surface area contributed by atoms with Crippen LogP contribution >= 0.6 is 0 Å². The molecule has 0 N–H and O–H groups in total. The normalized spacial score (nSPS) is 36.7. The van der Waals surface area contributed by atoms with Gasteiger partial charge in [-0.05, 0) is 83.8 Å². The zero-order valence-corrected chi connectivity index (χ0v) is 20.6. The van der Waals surface area contributed by atoms with E-state index in [4.69, 9.17) is 9.98 Å². The second-order valence-electron chi connectivity index (χ2n) is 10.8. The van der Waals surface area contributed by atoms with E-state index in [0.717, 1.165) is 18.9 Å². The highest BCUT2D eigenvalue weighted by molar-refractivity contribution is 5.97. The molecule has 6 heteroatoms. The van der Waals surface area contributed by atoms with Gasteiger partial charge in [0.25, 0.3) is 0 Å². The van der Waals surface area contributed by atoms with Crippen molar-refractivity contribution in [2.24, 2.45) is 4.99 Å². The van der Waals surface area contributed by atoms with Crippen LogP contribution in [0.5, 0.6) is 0 Å². The highest BCUT2D eigenvalue weighted by Gasteiger charge is 2.46. The molecule has 33 heavy (non-hydrogen) atoms. The van der Waals surface area contributed by atoms with Gasteiger partial charge >= 0.3 is 0 Å². The minimum atomic E-state index is 0.284. The predicted octanol–water partition coefficient (Wildman–Crippen LogP) is 3.58. The van der Waals surface area contributed by atoms with Crippen LogP contribution in [0.25, 0.3) is 0 Å². The van der Waals surface area contributed by atoms with Crippen molar-refractivity contribution in [1.82, 2.24) is 24.6 Å². The first-order valence-electron chi connectivity index (χ1n) is 12.9. The van der Waals surface area contributed by atoms with Gasteiger partial charge in [-0.3, -0.25) is 19.8 Å². The number of hydrogen-bond acceptors (Lipinski definition) is 6. The second kappa shape index (κ2) is 8.24. The van der Waals surface area contributed by atoms with Gasteiger partial charge in [0.05, 0.1) is 23.8 Å². The maximum Gasteiger partial charge on any atom is 0.129 e. The van der Waals surface area contributed by atoms with Gasteiger partial charge < -0.3 is 9.80 Å². The van der Waals surface area contributed by atoms with E-state index in [0.29, 0.717) is 30.2 Å². The predicted molar refractivity (Wildman–Crippen MR) is 133 cm³/mol. The summed E-state index contributed by atoms with van der Waals surface area (Å²) >= 11 is 0. The lowest BCUT2D eigenvalue weighted by Gasteiger charge is -2.46. The number of likely N-dealkylation sites (N-methyl/N-ethyl adjacent to an activating group) is 2. The number of aromatic nitrogens is 1. The van der Waals surface area contributed by atoms with Gasteiger partial charge in [-0.1, -0.05) is 12.1 Å². The third-order valence-electron chi connectivity index (χ3n) is 9.09. The summed E-state index contributed by atoms with van der Waals surface area (Å²) < 4.78 is 0. The molecule has 0 aliphatic carbocycles. The van der Waals surface area contributed by atoms with Gasteiger partial charge in [0.15, 0.2) is 0 Å². The van der Waals surface area contributed by atoms with Crippen molar-refractivity contribution < 1.29 is 0 Å². The van der Waals surface area contributed by atoms with Crippen LogP contribution in [-0.4, -0.2) is 87.8 Å². The lowest BCUT2D eigenvalue weighted by atomic mass is 9.87. The Morgan fingerprint density at radius 2 is 1.79 bits per heavy atom. The van der Waals surface area contributed by atoms with E-state index in [1.165, 1.54) is 49.2 Å². The number of aryl methyl sites for hydroxylation is 1. The fourth-order valence-electron chi connectivity index (χ4n) is 7.15. The number of likely N-dealkylation sites (tertiary alicyclic amines) is 2. The average Bonchev–Trinajstić information content (AvgIpc) is 3.23. The summed E-state index contributed by atoms with van der Waals surface area (Å²) in [5.41, 5.74) is 2.55. The van der Waals surface area contributed by atoms with Crippen molar-refractivity contribution in [2.45, 2.75) is 82.2 Å². The number of rotatable bonds is 3. The fourth-order valence-corrected chi connectivity index (χ4v) is 7.15. The summed E-state index contributed by atoms with van der Waals surface area (Å²) in [5.74, 6) is 2.52. The molecule has 0 aromatic carbocycles. The first-order chi connectivity index (χ1) is 16.0. The molecule has 1 aromatic heterocycles. The van der Waals surface area contributed by atoms with Crippen molar-refractivity contribution >= 4 is 5.84 Å². The molecule has 1 aromatic rings. The minimum Gasteiger partial charge on any atom is -0.355 e. The summed E-state index contributed by atoms with van der Waals surface area (Å²) in [4.78, 5) is 20.5. The molecule has 5 aliphatic heterocycles. The van der Waals surface area contributed by atoms with E-state index in [2.05, 4.69) is 71.8 Å². The van der Waals surface area contributed by atoms with E-state index in [1.54, 1.807) is 0 Å². The summed E-state index contributed by atoms with van der Waals surface area (Å²) in [6.07, 6.45) is 15.0. The van der Waals surface area contributed by atoms with Crippen LogP contribution in [-0.2, 0) is 0 Å². The molecule has 6 nitrogen and oxygen atoms in total. The maximum atomic E-state index is 5.35. The lowest BCUT2D eigenvalue weighted by molar-refractivity contribution is 0.0702. The molecule has 3 saturated heterocycles. The number of pyridine rings is 1. The molecule has 0 saturated carbocycles. The topological polar surface area (TPSA) is 38.2 Å². The Kier molecular flexibility index (Phi) is 5.33. The molecular formula is C27H38N6. The molecule has 0 amide bonds. The molecule has 2 bridgehead atoms. The minimum absolute atomic E-state index is 0.284. The van der Waals surface area contributed by atoms with E-state index in [-0.39, 0.29) is 6.04 Å². The Bertz CT molecular complexity index is 984. The monoisotopic (exact) mass is 446 g/mol. The van der Waals surface area contributed by atoms with Crippen molar-refractivity contribution in [1.29, 1.82) is 0 Å². The Hall–Kier alpha value is -2.18. The summed E-state index contributed by atoms with van der Waals surface area (Å²) in [7, 11) is 4.62. The molecule has 5 aliphatic rings. The van der Waals surface area contributed by atoms with Crippen LogP contribution in [0.2, 0.25) is 0 Å².